The van der Waals surface area contributed by atoms with E-state index in [9.17, 15) is 14.0 Å². The van der Waals surface area contributed by atoms with Crippen molar-refractivity contribution in [2.24, 2.45) is 0 Å². The molecule has 24 heavy (non-hydrogen) atoms. The van der Waals surface area contributed by atoms with Gasteiger partial charge in [-0.25, -0.2) is 9.18 Å². The number of anilines is 1. The van der Waals surface area contributed by atoms with Crippen LogP contribution in [0.25, 0.3) is 6.08 Å². The summed E-state index contributed by atoms with van der Waals surface area (Å²) in [5.41, 5.74) is 0.785. The van der Waals surface area contributed by atoms with Crippen LogP contribution in [0.2, 0.25) is 0 Å². The van der Waals surface area contributed by atoms with Gasteiger partial charge in [0.05, 0.1) is 12.8 Å². The first-order valence-electron chi connectivity index (χ1n) is 7.12. The number of methoxy groups -OCH3 is 1. The first kappa shape index (κ1) is 17.2. The number of halogens is 1. The lowest BCUT2D eigenvalue weighted by Crippen LogP contribution is -2.20. The number of carbonyl (C=O) groups excluding carboxylic acids is 2. The zero-order chi connectivity index (χ0) is 17.4. The van der Waals surface area contributed by atoms with E-state index in [0.717, 1.165) is 5.56 Å². The van der Waals surface area contributed by atoms with Gasteiger partial charge in [0, 0.05) is 6.08 Å². The van der Waals surface area contributed by atoms with Gasteiger partial charge < -0.3 is 14.8 Å². The molecule has 0 aliphatic carbocycles. The number of esters is 1. The molecule has 0 aromatic heterocycles. The average Bonchev–Trinajstić information content (AvgIpc) is 2.60. The van der Waals surface area contributed by atoms with E-state index in [4.69, 9.17) is 9.47 Å². The van der Waals surface area contributed by atoms with Crippen LogP contribution < -0.4 is 10.1 Å². The van der Waals surface area contributed by atoms with E-state index in [1.165, 1.54) is 24.3 Å². The molecule has 2 aromatic carbocycles. The van der Waals surface area contributed by atoms with E-state index >= 15 is 0 Å². The van der Waals surface area contributed by atoms with Crippen molar-refractivity contribution in [3.8, 4) is 5.75 Å². The second-order valence-electron chi connectivity index (χ2n) is 4.75. The highest BCUT2D eigenvalue weighted by molar-refractivity contribution is 5.94. The fourth-order valence-electron chi connectivity index (χ4n) is 1.84. The summed E-state index contributed by atoms with van der Waals surface area (Å²) in [7, 11) is 1.55. The van der Waals surface area contributed by atoms with E-state index in [1.54, 1.807) is 43.5 Å². The summed E-state index contributed by atoms with van der Waals surface area (Å²) in [6.45, 7) is -0.504. The van der Waals surface area contributed by atoms with Crippen LogP contribution in [0.5, 0.6) is 5.75 Å². The lowest BCUT2D eigenvalue weighted by molar-refractivity contribution is -0.142. The van der Waals surface area contributed by atoms with Crippen LogP contribution in [-0.4, -0.2) is 25.6 Å². The Labute approximate surface area is 138 Å². The summed E-state index contributed by atoms with van der Waals surface area (Å²) in [5.74, 6) is -1.20. The molecule has 0 saturated heterocycles. The van der Waals surface area contributed by atoms with Crippen molar-refractivity contribution in [2.45, 2.75) is 0 Å². The Morgan fingerprint density at radius 2 is 1.96 bits per heavy atom. The lowest BCUT2D eigenvalue weighted by atomic mass is 10.2. The molecule has 0 bridgehead atoms. The topological polar surface area (TPSA) is 64.6 Å². The number of hydrogen-bond acceptors (Lipinski definition) is 4. The maximum absolute atomic E-state index is 13.4. The molecule has 6 heteroatoms. The number of nitrogens with one attached hydrogen (secondary N) is 1. The van der Waals surface area contributed by atoms with Gasteiger partial charge in [-0.2, -0.15) is 0 Å². The molecular formula is C18H16FNO4. The summed E-state index contributed by atoms with van der Waals surface area (Å²) in [5, 5.41) is 2.32. The Morgan fingerprint density at radius 3 is 2.71 bits per heavy atom. The molecule has 0 radical (unpaired) electrons. The van der Waals surface area contributed by atoms with E-state index in [1.807, 2.05) is 0 Å². The highest BCUT2D eigenvalue weighted by Gasteiger charge is 2.08. The van der Waals surface area contributed by atoms with Crippen LogP contribution >= 0.6 is 0 Å². The summed E-state index contributed by atoms with van der Waals surface area (Å²) < 4.78 is 23.3. The van der Waals surface area contributed by atoms with Gasteiger partial charge in [-0.3, -0.25) is 4.79 Å². The number of amides is 1. The van der Waals surface area contributed by atoms with Crippen molar-refractivity contribution in [3.05, 3.63) is 66.0 Å². The summed E-state index contributed by atoms with van der Waals surface area (Å²) in [6, 6.07) is 12.8. The normalized spacial score (nSPS) is 10.4. The Hall–Kier alpha value is -3.15. The molecule has 124 valence electrons. The summed E-state index contributed by atoms with van der Waals surface area (Å²) in [6.07, 6.45) is 2.74. The molecule has 2 aromatic rings. The van der Waals surface area contributed by atoms with E-state index in [2.05, 4.69) is 5.32 Å². The third-order valence-corrected chi connectivity index (χ3v) is 3.00. The van der Waals surface area contributed by atoms with Crippen molar-refractivity contribution in [2.75, 3.05) is 19.0 Å². The van der Waals surface area contributed by atoms with Gasteiger partial charge in [-0.1, -0.05) is 24.3 Å². The highest BCUT2D eigenvalue weighted by Crippen LogP contribution is 2.14. The number of benzene rings is 2. The molecule has 1 N–H and O–H groups in total. The highest BCUT2D eigenvalue weighted by atomic mass is 19.1. The van der Waals surface area contributed by atoms with Crippen LogP contribution in [0.1, 0.15) is 5.56 Å². The first-order valence-corrected chi connectivity index (χ1v) is 7.12. The second kappa shape index (κ2) is 8.47. The molecule has 5 nitrogen and oxygen atoms in total. The lowest BCUT2D eigenvalue weighted by Gasteiger charge is -2.06. The van der Waals surface area contributed by atoms with E-state index in [0.29, 0.717) is 5.75 Å². The molecule has 0 unspecified atom stereocenters. The Kier molecular flexibility index (Phi) is 6.08. The monoisotopic (exact) mass is 329 g/mol. The van der Waals surface area contributed by atoms with Crippen molar-refractivity contribution in [1.82, 2.24) is 0 Å². The molecule has 0 aliphatic heterocycles. The van der Waals surface area contributed by atoms with Gasteiger partial charge in [-0.15, -0.1) is 0 Å². The molecule has 0 spiro atoms. The zero-order valence-corrected chi connectivity index (χ0v) is 13.0. The molecule has 0 heterocycles. The van der Waals surface area contributed by atoms with Crippen molar-refractivity contribution in [3.63, 3.8) is 0 Å². The van der Waals surface area contributed by atoms with Gasteiger partial charge in [0.25, 0.3) is 5.91 Å². The smallest absolute Gasteiger partial charge is 0.331 e. The second-order valence-corrected chi connectivity index (χ2v) is 4.75. The number of ether oxygens (including phenoxy) is 2. The fraction of sp³-hybridized carbons (Fsp3) is 0.111. The minimum Gasteiger partial charge on any atom is -0.497 e. The number of rotatable bonds is 6. The van der Waals surface area contributed by atoms with Gasteiger partial charge in [0.15, 0.2) is 6.61 Å². The van der Waals surface area contributed by atoms with Crippen molar-refractivity contribution in [1.29, 1.82) is 0 Å². The van der Waals surface area contributed by atoms with Gasteiger partial charge >= 0.3 is 5.97 Å². The predicted molar refractivity (Wildman–Crippen MR) is 88.0 cm³/mol. The van der Waals surface area contributed by atoms with Crippen LogP contribution in [0.3, 0.4) is 0 Å². The van der Waals surface area contributed by atoms with Gasteiger partial charge in [-0.05, 0) is 35.9 Å². The fourth-order valence-corrected chi connectivity index (χ4v) is 1.84. The van der Waals surface area contributed by atoms with Crippen molar-refractivity contribution < 1.29 is 23.5 Å². The summed E-state index contributed by atoms with van der Waals surface area (Å²) >= 11 is 0. The third kappa shape index (κ3) is 5.24. The van der Waals surface area contributed by atoms with Gasteiger partial charge in [0.2, 0.25) is 0 Å². The minimum atomic E-state index is -0.679. The number of carbonyl (C=O) groups is 2. The standard InChI is InChI=1S/C18H16FNO4/c1-23-14-6-4-5-13(11-14)9-10-18(22)24-12-17(21)20-16-8-3-2-7-15(16)19/h2-11H,12H2,1H3,(H,20,21). The Morgan fingerprint density at radius 1 is 1.17 bits per heavy atom. The van der Waals surface area contributed by atoms with Crippen LogP contribution in [0, 0.1) is 5.82 Å². The molecule has 0 aliphatic rings. The SMILES string of the molecule is COc1cccc(C=CC(=O)OCC(=O)Nc2ccccc2F)c1. The average molecular weight is 329 g/mol. The summed E-state index contributed by atoms with van der Waals surface area (Å²) in [4.78, 5) is 23.2. The maximum Gasteiger partial charge on any atom is 0.331 e. The van der Waals surface area contributed by atoms with Crippen LogP contribution in [0.4, 0.5) is 10.1 Å². The van der Waals surface area contributed by atoms with Crippen LogP contribution in [-0.2, 0) is 14.3 Å². The predicted octanol–water partition coefficient (Wildman–Crippen LogP) is 3.03. The number of hydrogen-bond donors (Lipinski definition) is 1. The van der Waals surface area contributed by atoms with E-state index in [-0.39, 0.29) is 5.69 Å². The number of para-hydroxylation sites is 1. The minimum absolute atomic E-state index is 0.0328. The molecule has 0 saturated carbocycles. The molecular weight excluding hydrogens is 313 g/mol. The Bertz CT molecular complexity index is 758. The van der Waals surface area contributed by atoms with Crippen molar-refractivity contribution >= 4 is 23.6 Å². The quantitative estimate of drug-likeness (QED) is 0.653. The maximum atomic E-state index is 13.4. The molecule has 1 amide bonds. The molecule has 2 rings (SSSR count). The third-order valence-electron chi connectivity index (χ3n) is 3.00. The van der Waals surface area contributed by atoms with E-state index < -0.39 is 24.3 Å². The molecule has 0 atom stereocenters. The zero-order valence-electron chi connectivity index (χ0n) is 13.0. The van der Waals surface area contributed by atoms with Gasteiger partial charge in [0.1, 0.15) is 11.6 Å². The Balaban J connectivity index is 1.83. The first-order chi connectivity index (χ1) is 11.6. The van der Waals surface area contributed by atoms with Crippen LogP contribution in [0.15, 0.2) is 54.6 Å². The largest absolute Gasteiger partial charge is 0.497 e. The molecule has 0 fully saturated rings.